The Morgan fingerprint density at radius 2 is 0.618 bits per heavy atom. The Balaban J connectivity index is 1.03. The van der Waals surface area contributed by atoms with Crippen LogP contribution in [0.2, 0.25) is 0 Å². The van der Waals surface area contributed by atoms with Crippen LogP contribution in [0.5, 0.6) is 0 Å². The molecule has 0 spiro atoms. The fraction of sp³-hybridized carbons (Fsp3) is 0. The molecule has 0 fully saturated rings. The second kappa shape index (κ2) is 12.6. The van der Waals surface area contributed by atoms with Crippen molar-refractivity contribution in [3.63, 3.8) is 0 Å². The van der Waals surface area contributed by atoms with E-state index < -0.39 is 0 Å². The molecule has 2 heterocycles. The Kier molecular flexibility index (Phi) is 7.14. The molecule has 0 radical (unpaired) electrons. The quantitative estimate of drug-likeness (QED) is 0.168. The van der Waals surface area contributed by atoms with Crippen LogP contribution in [0, 0.1) is 0 Å². The van der Waals surface area contributed by atoms with Crippen LogP contribution in [0.1, 0.15) is 0 Å². The summed E-state index contributed by atoms with van der Waals surface area (Å²) >= 11 is 0. The third kappa shape index (κ3) is 5.34. The number of furan rings is 1. The molecule has 9 aromatic carbocycles. The van der Waals surface area contributed by atoms with Crippen LogP contribution in [0.25, 0.3) is 111 Å². The molecular formula is C51H31N3O. The normalized spacial score (nSPS) is 11.6. The Hall–Kier alpha value is -7.43. The number of rotatable bonds is 5. The maximum absolute atomic E-state index is 6.08. The zero-order chi connectivity index (χ0) is 36.3. The van der Waals surface area contributed by atoms with E-state index in [2.05, 4.69) is 115 Å². The van der Waals surface area contributed by atoms with Crippen molar-refractivity contribution >= 4 is 54.3 Å². The van der Waals surface area contributed by atoms with Crippen molar-refractivity contribution in [2.75, 3.05) is 0 Å². The lowest BCUT2D eigenvalue weighted by Crippen LogP contribution is -2.00. The molecular weight excluding hydrogens is 671 g/mol. The van der Waals surface area contributed by atoms with Gasteiger partial charge in [-0.25, -0.2) is 15.0 Å². The SMILES string of the molecule is c1ccc(-c2nc(-c3ccccc3)nc(-c3ccc4c5cc(-c6ccc(-c7ccc8oc9ccccc9c8c7)cc6)ccc5c5ccccc5c4c3)n2)cc1. The van der Waals surface area contributed by atoms with Crippen molar-refractivity contribution in [1.29, 1.82) is 0 Å². The highest BCUT2D eigenvalue weighted by atomic mass is 16.3. The lowest BCUT2D eigenvalue weighted by Gasteiger charge is -2.14. The van der Waals surface area contributed by atoms with Gasteiger partial charge in [-0.2, -0.15) is 0 Å². The molecule has 4 heteroatoms. The van der Waals surface area contributed by atoms with Gasteiger partial charge < -0.3 is 4.42 Å². The summed E-state index contributed by atoms with van der Waals surface area (Å²) < 4.78 is 6.08. The monoisotopic (exact) mass is 701 g/mol. The molecule has 11 aromatic rings. The van der Waals surface area contributed by atoms with Gasteiger partial charge in [-0.3, -0.25) is 0 Å². The van der Waals surface area contributed by atoms with Gasteiger partial charge >= 0.3 is 0 Å². The molecule has 0 aliphatic rings. The van der Waals surface area contributed by atoms with Gasteiger partial charge in [0.1, 0.15) is 11.2 Å². The van der Waals surface area contributed by atoms with Crippen LogP contribution in [0.3, 0.4) is 0 Å². The Labute approximate surface area is 317 Å². The number of nitrogens with zero attached hydrogens (tertiary/aromatic N) is 3. The third-order valence-corrected chi connectivity index (χ3v) is 10.7. The van der Waals surface area contributed by atoms with E-state index in [1.807, 2.05) is 72.8 Å². The number of aromatic nitrogens is 3. The first kappa shape index (κ1) is 31.1. The van der Waals surface area contributed by atoms with Gasteiger partial charge in [0.2, 0.25) is 0 Å². The molecule has 256 valence electrons. The van der Waals surface area contributed by atoms with E-state index in [0.29, 0.717) is 17.5 Å². The molecule has 0 atom stereocenters. The molecule has 0 aliphatic carbocycles. The van der Waals surface area contributed by atoms with E-state index in [9.17, 15) is 0 Å². The fourth-order valence-electron chi connectivity index (χ4n) is 7.97. The summed E-state index contributed by atoms with van der Waals surface area (Å²) in [5.41, 5.74) is 9.36. The Morgan fingerprint density at radius 3 is 1.24 bits per heavy atom. The first-order valence-electron chi connectivity index (χ1n) is 18.5. The summed E-state index contributed by atoms with van der Waals surface area (Å²) in [5, 5.41) is 9.50. The molecule has 0 bridgehead atoms. The molecule has 55 heavy (non-hydrogen) atoms. The second-order valence-corrected chi connectivity index (χ2v) is 14.0. The van der Waals surface area contributed by atoms with E-state index in [4.69, 9.17) is 19.4 Å². The van der Waals surface area contributed by atoms with Crippen LogP contribution in [-0.2, 0) is 0 Å². The highest BCUT2D eigenvalue weighted by Crippen LogP contribution is 2.40. The molecule has 0 saturated carbocycles. The van der Waals surface area contributed by atoms with Crippen LogP contribution >= 0.6 is 0 Å². The summed E-state index contributed by atoms with van der Waals surface area (Å²) in [6.07, 6.45) is 0. The molecule has 2 aromatic heterocycles. The van der Waals surface area contributed by atoms with Gasteiger partial charge in [-0.1, -0.05) is 158 Å². The van der Waals surface area contributed by atoms with Crippen LogP contribution in [0.15, 0.2) is 192 Å². The minimum Gasteiger partial charge on any atom is -0.456 e. The molecule has 0 aliphatic heterocycles. The van der Waals surface area contributed by atoms with Gasteiger partial charge in [0, 0.05) is 27.5 Å². The van der Waals surface area contributed by atoms with Crippen LogP contribution in [0.4, 0.5) is 0 Å². The van der Waals surface area contributed by atoms with E-state index >= 15 is 0 Å². The number of benzene rings is 9. The Bertz CT molecular complexity index is 3180. The van der Waals surface area contributed by atoms with E-state index in [-0.39, 0.29) is 0 Å². The van der Waals surface area contributed by atoms with Gasteiger partial charge in [0.05, 0.1) is 0 Å². The lowest BCUT2D eigenvalue weighted by atomic mass is 9.91. The minimum atomic E-state index is 0.646. The van der Waals surface area contributed by atoms with Crippen molar-refractivity contribution in [3.05, 3.63) is 188 Å². The van der Waals surface area contributed by atoms with Gasteiger partial charge in [-0.05, 0) is 84.9 Å². The summed E-state index contributed by atoms with van der Waals surface area (Å²) in [5.74, 6) is 1.95. The third-order valence-electron chi connectivity index (χ3n) is 10.7. The molecule has 0 saturated heterocycles. The van der Waals surface area contributed by atoms with Crippen molar-refractivity contribution in [2.24, 2.45) is 0 Å². The second-order valence-electron chi connectivity index (χ2n) is 14.0. The van der Waals surface area contributed by atoms with Gasteiger partial charge in [-0.15, -0.1) is 0 Å². The maximum atomic E-state index is 6.08. The number of para-hydroxylation sites is 1. The average molecular weight is 702 g/mol. The predicted octanol–water partition coefficient (Wildman–Crippen LogP) is 13.6. The predicted molar refractivity (Wildman–Crippen MR) is 227 cm³/mol. The molecule has 11 rings (SSSR count). The van der Waals surface area contributed by atoms with Gasteiger partial charge in [0.25, 0.3) is 0 Å². The summed E-state index contributed by atoms with van der Waals surface area (Å²) in [6.45, 7) is 0. The van der Waals surface area contributed by atoms with Crippen molar-refractivity contribution in [1.82, 2.24) is 15.0 Å². The first-order chi connectivity index (χ1) is 27.2. The number of hydrogen-bond donors (Lipinski definition) is 0. The zero-order valence-electron chi connectivity index (χ0n) is 29.6. The average Bonchev–Trinajstić information content (AvgIpc) is 3.65. The number of hydrogen-bond acceptors (Lipinski definition) is 4. The lowest BCUT2D eigenvalue weighted by molar-refractivity contribution is 0.669. The summed E-state index contributed by atoms with van der Waals surface area (Å²) in [4.78, 5) is 15.0. The minimum absolute atomic E-state index is 0.646. The Morgan fingerprint density at radius 1 is 0.236 bits per heavy atom. The van der Waals surface area contributed by atoms with Crippen molar-refractivity contribution in [2.45, 2.75) is 0 Å². The smallest absolute Gasteiger partial charge is 0.164 e. The largest absolute Gasteiger partial charge is 0.456 e. The van der Waals surface area contributed by atoms with E-state index in [0.717, 1.165) is 44.0 Å². The van der Waals surface area contributed by atoms with Gasteiger partial charge in [0.15, 0.2) is 17.5 Å². The van der Waals surface area contributed by atoms with Crippen molar-refractivity contribution < 1.29 is 4.42 Å². The molecule has 0 amide bonds. The fourth-order valence-corrected chi connectivity index (χ4v) is 7.97. The van der Waals surface area contributed by atoms with Crippen LogP contribution < -0.4 is 0 Å². The zero-order valence-corrected chi connectivity index (χ0v) is 29.6. The van der Waals surface area contributed by atoms with Crippen LogP contribution in [-0.4, -0.2) is 15.0 Å². The standard InChI is InChI=1S/C51H31N3O/c1-3-11-34(12-4-1)49-52-50(35-13-5-2-6-14-35)54-51(53-49)38-24-27-42-44-29-36(23-26-41(44)39-15-7-8-16-40(39)45(42)31-38)32-19-21-33(22-20-32)37-25-28-48-46(30-37)43-17-9-10-18-47(43)55-48/h1-31H. The first-order valence-corrected chi connectivity index (χ1v) is 18.5. The maximum Gasteiger partial charge on any atom is 0.164 e. The molecule has 0 unspecified atom stereocenters. The summed E-state index contributed by atoms with van der Waals surface area (Å²) in [6, 6.07) is 66.0. The summed E-state index contributed by atoms with van der Waals surface area (Å²) in [7, 11) is 0. The van der Waals surface area contributed by atoms with E-state index in [1.165, 1.54) is 49.2 Å². The van der Waals surface area contributed by atoms with Crippen molar-refractivity contribution in [3.8, 4) is 56.4 Å². The number of fused-ring (bicyclic) bond motifs is 9. The highest BCUT2D eigenvalue weighted by Gasteiger charge is 2.16. The molecule has 0 N–H and O–H groups in total. The topological polar surface area (TPSA) is 51.8 Å². The molecule has 4 nitrogen and oxygen atoms in total. The highest BCUT2D eigenvalue weighted by molar-refractivity contribution is 6.26. The van der Waals surface area contributed by atoms with E-state index in [1.54, 1.807) is 0 Å².